The maximum absolute atomic E-state index is 6.23. The van der Waals surface area contributed by atoms with Crippen LogP contribution in [0.1, 0.15) is 29.1 Å². The Hall–Kier alpha value is -2.67. The van der Waals surface area contributed by atoms with E-state index in [0.29, 0.717) is 17.3 Å². The maximum atomic E-state index is 6.23. The minimum atomic E-state index is 0.0839. The molecule has 0 amide bonds. The molecule has 0 saturated carbocycles. The van der Waals surface area contributed by atoms with Crippen LogP contribution in [0.5, 0.6) is 0 Å². The maximum Gasteiger partial charge on any atom is 0.188 e. The van der Waals surface area contributed by atoms with Gasteiger partial charge in [0.1, 0.15) is 12.0 Å². The van der Waals surface area contributed by atoms with E-state index >= 15 is 0 Å². The molecule has 0 saturated heterocycles. The Kier molecular flexibility index (Phi) is 4.61. The molecule has 2 heterocycles. The van der Waals surface area contributed by atoms with Crippen molar-refractivity contribution in [2.24, 2.45) is 0 Å². The van der Waals surface area contributed by atoms with Crippen LogP contribution < -0.4 is 16.4 Å². The Morgan fingerprint density at radius 1 is 1.08 bits per heavy atom. The fraction of sp³-hybridized carbons (Fsp3) is 0.235. The first kappa shape index (κ1) is 16.2. The second kappa shape index (κ2) is 6.84. The molecule has 0 fully saturated rings. The zero-order valence-electron chi connectivity index (χ0n) is 13.9. The van der Waals surface area contributed by atoms with Crippen molar-refractivity contribution in [2.75, 3.05) is 16.4 Å². The lowest BCUT2D eigenvalue weighted by Gasteiger charge is -2.17. The summed E-state index contributed by atoms with van der Waals surface area (Å²) in [4.78, 5) is 14.1. The summed E-state index contributed by atoms with van der Waals surface area (Å²) in [5.41, 5.74) is 8.88. The number of aryl methyl sites for hydroxylation is 2. The molecule has 1 unspecified atom stereocenters. The van der Waals surface area contributed by atoms with Gasteiger partial charge in [0.2, 0.25) is 0 Å². The van der Waals surface area contributed by atoms with Gasteiger partial charge < -0.3 is 16.4 Å². The van der Waals surface area contributed by atoms with Crippen LogP contribution in [0.4, 0.5) is 22.5 Å². The van der Waals surface area contributed by atoms with Crippen molar-refractivity contribution in [3.05, 3.63) is 52.8 Å². The largest absolute Gasteiger partial charge is 0.393 e. The van der Waals surface area contributed by atoms with Crippen molar-refractivity contribution in [1.82, 2.24) is 15.0 Å². The Bertz CT molecular complexity index is 811. The van der Waals surface area contributed by atoms with Crippen molar-refractivity contribution >= 4 is 33.8 Å². The highest BCUT2D eigenvalue weighted by Crippen LogP contribution is 2.30. The zero-order valence-corrected chi connectivity index (χ0v) is 14.7. The Labute approximate surface area is 145 Å². The second-order valence-electron chi connectivity index (χ2n) is 5.55. The van der Waals surface area contributed by atoms with Gasteiger partial charge in [0.15, 0.2) is 16.8 Å². The Morgan fingerprint density at radius 3 is 2.46 bits per heavy atom. The number of thiazole rings is 1. The van der Waals surface area contributed by atoms with Crippen LogP contribution in [0.25, 0.3) is 0 Å². The molecule has 3 rings (SSSR count). The van der Waals surface area contributed by atoms with E-state index in [0.717, 1.165) is 16.4 Å². The van der Waals surface area contributed by atoms with Crippen LogP contribution in [0.2, 0.25) is 0 Å². The van der Waals surface area contributed by atoms with E-state index < -0.39 is 0 Å². The first-order chi connectivity index (χ1) is 11.5. The molecular weight excluding hydrogens is 320 g/mol. The summed E-state index contributed by atoms with van der Waals surface area (Å²) in [5, 5.41) is 7.29. The predicted octanol–water partition coefficient (Wildman–Crippen LogP) is 4.05. The van der Waals surface area contributed by atoms with E-state index in [2.05, 4.69) is 44.6 Å². The number of aromatic nitrogens is 3. The van der Waals surface area contributed by atoms with E-state index in [4.69, 9.17) is 5.73 Å². The van der Waals surface area contributed by atoms with Gasteiger partial charge in [-0.25, -0.2) is 15.0 Å². The van der Waals surface area contributed by atoms with Crippen LogP contribution in [0.3, 0.4) is 0 Å². The molecule has 4 N–H and O–H groups in total. The van der Waals surface area contributed by atoms with E-state index in [1.807, 2.05) is 32.0 Å². The number of nitrogens with one attached hydrogen (secondary N) is 2. The van der Waals surface area contributed by atoms with Crippen molar-refractivity contribution in [3.8, 4) is 0 Å². The van der Waals surface area contributed by atoms with Crippen LogP contribution in [0.15, 0.2) is 36.7 Å². The number of benzene rings is 1. The predicted molar refractivity (Wildman–Crippen MR) is 99.8 cm³/mol. The fourth-order valence-corrected chi connectivity index (χ4v) is 3.08. The highest BCUT2D eigenvalue weighted by molar-refractivity contribution is 7.15. The van der Waals surface area contributed by atoms with Gasteiger partial charge in [0, 0.05) is 4.88 Å². The first-order valence-corrected chi connectivity index (χ1v) is 8.49. The third kappa shape index (κ3) is 3.46. The topological polar surface area (TPSA) is 88.8 Å². The second-order valence-corrected chi connectivity index (χ2v) is 6.75. The number of nitrogens with zero attached hydrogens (tertiary/aromatic N) is 3. The van der Waals surface area contributed by atoms with E-state index in [-0.39, 0.29) is 6.04 Å². The Morgan fingerprint density at radius 2 is 1.79 bits per heavy atom. The number of nitrogen functional groups attached to an aromatic ring is 1. The van der Waals surface area contributed by atoms with Crippen LogP contribution in [-0.4, -0.2) is 15.0 Å². The number of rotatable bonds is 5. The molecule has 0 bridgehead atoms. The molecule has 7 heteroatoms. The van der Waals surface area contributed by atoms with Gasteiger partial charge in [-0.3, -0.25) is 0 Å². The first-order valence-electron chi connectivity index (χ1n) is 7.67. The molecule has 0 aliphatic carbocycles. The monoisotopic (exact) mass is 340 g/mol. The smallest absolute Gasteiger partial charge is 0.188 e. The third-order valence-corrected chi connectivity index (χ3v) is 4.78. The molecule has 0 aliphatic heterocycles. The molecular formula is C17H20N6S. The SMILES string of the molecule is Cc1nc(Nc2ncnc(NC(C)c3ccccc3)c2N)sc1C. The summed E-state index contributed by atoms with van der Waals surface area (Å²) >= 11 is 1.58. The fourth-order valence-electron chi connectivity index (χ4n) is 2.27. The van der Waals surface area contributed by atoms with E-state index in [1.54, 1.807) is 11.3 Å². The molecule has 0 radical (unpaired) electrons. The van der Waals surface area contributed by atoms with E-state index in [9.17, 15) is 0 Å². The highest BCUT2D eigenvalue weighted by Gasteiger charge is 2.13. The van der Waals surface area contributed by atoms with Gasteiger partial charge in [-0.1, -0.05) is 30.3 Å². The lowest BCUT2D eigenvalue weighted by atomic mass is 10.1. The zero-order chi connectivity index (χ0) is 17.1. The molecule has 0 aliphatic rings. The molecule has 1 aromatic carbocycles. The average Bonchev–Trinajstić information content (AvgIpc) is 2.90. The van der Waals surface area contributed by atoms with Gasteiger partial charge in [-0.15, -0.1) is 11.3 Å². The lowest BCUT2D eigenvalue weighted by molar-refractivity contribution is 0.873. The molecule has 124 valence electrons. The minimum absolute atomic E-state index is 0.0839. The summed E-state index contributed by atoms with van der Waals surface area (Å²) < 4.78 is 0. The van der Waals surface area contributed by atoms with Gasteiger partial charge in [-0.05, 0) is 26.3 Å². The normalized spacial score (nSPS) is 12.0. The molecule has 6 nitrogen and oxygen atoms in total. The van der Waals surface area contributed by atoms with E-state index in [1.165, 1.54) is 11.2 Å². The summed E-state index contributed by atoms with van der Waals surface area (Å²) in [7, 11) is 0. The number of anilines is 4. The molecule has 3 aromatic rings. The minimum Gasteiger partial charge on any atom is -0.393 e. The summed E-state index contributed by atoms with van der Waals surface area (Å²) in [6, 6.07) is 10.2. The third-order valence-electron chi connectivity index (χ3n) is 3.79. The standard InChI is InChI=1S/C17H20N6S/c1-10-12(3)24-17(22-10)23-16-14(18)15(19-9-20-16)21-11(2)13-7-5-4-6-8-13/h4-9,11H,18H2,1-3H3,(H2,19,20,21,22,23). The molecule has 2 aromatic heterocycles. The van der Waals surface area contributed by atoms with Crippen molar-refractivity contribution in [1.29, 1.82) is 0 Å². The van der Waals surface area contributed by atoms with Crippen molar-refractivity contribution < 1.29 is 0 Å². The number of hydrogen-bond acceptors (Lipinski definition) is 7. The average molecular weight is 340 g/mol. The van der Waals surface area contributed by atoms with Crippen molar-refractivity contribution in [2.45, 2.75) is 26.8 Å². The van der Waals surface area contributed by atoms with Gasteiger partial charge >= 0.3 is 0 Å². The van der Waals surface area contributed by atoms with Crippen molar-refractivity contribution in [3.63, 3.8) is 0 Å². The molecule has 0 spiro atoms. The Balaban J connectivity index is 1.80. The quantitative estimate of drug-likeness (QED) is 0.649. The van der Waals surface area contributed by atoms with Gasteiger partial charge in [0.05, 0.1) is 11.7 Å². The summed E-state index contributed by atoms with van der Waals surface area (Å²) in [6.45, 7) is 6.09. The lowest BCUT2D eigenvalue weighted by Crippen LogP contribution is -2.11. The molecule has 1 atom stereocenters. The van der Waals surface area contributed by atoms with Gasteiger partial charge in [-0.2, -0.15) is 0 Å². The summed E-state index contributed by atoms with van der Waals surface area (Å²) in [5.74, 6) is 1.16. The number of nitrogens with two attached hydrogens (primary N) is 1. The summed E-state index contributed by atoms with van der Waals surface area (Å²) in [6.07, 6.45) is 1.49. The number of hydrogen-bond donors (Lipinski definition) is 3. The highest BCUT2D eigenvalue weighted by atomic mass is 32.1. The molecule has 24 heavy (non-hydrogen) atoms. The van der Waals surface area contributed by atoms with Crippen LogP contribution in [-0.2, 0) is 0 Å². The van der Waals surface area contributed by atoms with Crippen LogP contribution >= 0.6 is 11.3 Å². The van der Waals surface area contributed by atoms with Crippen LogP contribution in [0, 0.1) is 13.8 Å². The van der Waals surface area contributed by atoms with Gasteiger partial charge in [0.25, 0.3) is 0 Å².